The van der Waals surface area contributed by atoms with Crippen LogP contribution < -0.4 is 11.1 Å². The van der Waals surface area contributed by atoms with E-state index >= 15 is 0 Å². The number of hydrogen-bond donors (Lipinski definition) is 3. The molecule has 0 radical (unpaired) electrons. The van der Waals surface area contributed by atoms with E-state index in [9.17, 15) is 18.7 Å². The lowest BCUT2D eigenvalue weighted by Gasteiger charge is -2.26. The fourth-order valence-electron chi connectivity index (χ4n) is 2.07. The number of ether oxygens (including phenoxy) is 1. The summed E-state index contributed by atoms with van der Waals surface area (Å²) >= 11 is 0. The summed E-state index contributed by atoms with van der Waals surface area (Å²) in [6, 6.07) is 1.49. The monoisotopic (exact) mass is 286 g/mol. The molecule has 0 saturated carbocycles. The van der Waals surface area contributed by atoms with Crippen molar-refractivity contribution in [2.75, 3.05) is 18.9 Å². The van der Waals surface area contributed by atoms with E-state index in [0.29, 0.717) is 19.1 Å². The molecular weight excluding hydrogens is 270 g/mol. The van der Waals surface area contributed by atoms with E-state index in [1.807, 2.05) is 0 Å². The Morgan fingerprint density at radius 2 is 2.25 bits per heavy atom. The van der Waals surface area contributed by atoms with E-state index in [1.165, 1.54) is 0 Å². The van der Waals surface area contributed by atoms with Crippen LogP contribution in [0.1, 0.15) is 23.7 Å². The van der Waals surface area contributed by atoms with E-state index in [-0.39, 0.29) is 17.8 Å². The lowest BCUT2D eigenvalue weighted by atomic mass is 9.96. The number of amides is 1. The molecule has 0 aromatic heterocycles. The molecule has 2 unspecified atom stereocenters. The Bertz CT molecular complexity index is 539. The van der Waals surface area contributed by atoms with Gasteiger partial charge >= 0.3 is 0 Å². The second-order valence-electron chi connectivity index (χ2n) is 4.90. The minimum atomic E-state index is -1.18. The predicted octanol–water partition coefficient (Wildman–Crippen LogP) is 0.817. The first kappa shape index (κ1) is 14.7. The van der Waals surface area contributed by atoms with Gasteiger partial charge in [-0.25, -0.2) is 8.78 Å². The van der Waals surface area contributed by atoms with Crippen LogP contribution in [-0.4, -0.2) is 35.9 Å². The second-order valence-corrected chi connectivity index (χ2v) is 4.90. The molecule has 1 saturated heterocycles. The summed E-state index contributed by atoms with van der Waals surface area (Å²) in [5, 5.41) is 12.6. The molecule has 1 aromatic carbocycles. The van der Waals surface area contributed by atoms with E-state index in [1.54, 1.807) is 6.92 Å². The Kier molecular flexibility index (Phi) is 3.92. The highest BCUT2D eigenvalue weighted by molar-refractivity contribution is 5.95. The van der Waals surface area contributed by atoms with E-state index in [0.717, 1.165) is 6.07 Å². The number of nitrogens with two attached hydrogens (primary N) is 1. The van der Waals surface area contributed by atoms with Crippen molar-refractivity contribution in [3.05, 3.63) is 29.3 Å². The Balaban J connectivity index is 2.08. The van der Waals surface area contributed by atoms with Crippen LogP contribution in [0.25, 0.3) is 0 Å². The molecule has 1 amide bonds. The Morgan fingerprint density at radius 1 is 1.55 bits per heavy atom. The SMILES string of the molecule is CC1OCCC1(O)CNC(=O)c1cc(N)c(F)cc1F. The molecule has 0 aliphatic carbocycles. The van der Waals surface area contributed by atoms with Crippen LogP contribution in [0.4, 0.5) is 14.5 Å². The normalized spacial score (nSPS) is 25.7. The van der Waals surface area contributed by atoms with Crippen LogP contribution in [0.5, 0.6) is 0 Å². The first-order chi connectivity index (χ1) is 9.33. The predicted molar refractivity (Wildman–Crippen MR) is 68.1 cm³/mol. The average molecular weight is 286 g/mol. The van der Waals surface area contributed by atoms with Gasteiger partial charge in [-0.05, 0) is 13.0 Å². The van der Waals surface area contributed by atoms with Crippen molar-refractivity contribution in [2.24, 2.45) is 0 Å². The third-order valence-electron chi connectivity index (χ3n) is 3.55. The summed E-state index contributed by atoms with van der Waals surface area (Å²) in [5.41, 5.74) is 3.45. The molecule has 20 heavy (non-hydrogen) atoms. The average Bonchev–Trinajstić information content (AvgIpc) is 2.72. The van der Waals surface area contributed by atoms with Crippen LogP contribution in [0.3, 0.4) is 0 Å². The molecule has 7 heteroatoms. The molecular formula is C13H16F2N2O3. The van der Waals surface area contributed by atoms with Gasteiger partial charge in [-0.1, -0.05) is 0 Å². The number of nitrogen functional groups attached to an aromatic ring is 1. The molecule has 4 N–H and O–H groups in total. The number of nitrogens with one attached hydrogen (secondary N) is 1. The summed E-state index contributed by atoms with van der Waals surface area (Å²) in [7, 11) is 0. The molecule has 2 atom stereocenters. The molecule has 1 aliphatic heterocycles. The van der Waals surface area contributed by atoms with Crippen molar-refractivity contribution >= 4 is 11.6 Å². The maximum Gasteiger partial charge on any atom is 0.254 e. The zero-order chi connectivity index (χ0) is 14.9. The van der Waals surface area contributed by atoms with Gasteiger partial charge in [0.1, 0.15) is 17.2 Å². The lowest BCUT2D eigenvalue weighted by Crippen LogP contribution is -2.47. The second kappa shape index (κ2) is 5.34. The number of hydrogen-bond acceptors (Lipinski definition) is 4. The van der Waals surface area contributed by atoms with E-state index < -0.39 is 29.2 Å². The van der Waals surface area contributed by atoms with Gasteiger partial charge in [0.25, 0.3) is 5.91 Å². The number of halogens is 2. The number of carbonyl (C=O) groups is 1. The molecule has 5 nitrogen and oxygen atoms in total. The van der Waals surface area contributed by atoms with Gasteiger partial charge in [0.05, 0.1) is 17.4 Å². The summed E-state index contributed by atoms with van der Waals surface area (Å²) in [4.78, 5) is 11.9. The number of rotatable bonds is 3. The zero-order valence-corrected chi connectivity index (χ0v) is 11.0. The smallest absolute Gasteiger partial charge is 0.254 e. The van der Waals surface area contributed by atoms with Gasteiger partial charge in [-0.3, -0.25) is 4.79 Å². The lowest BCUT2D eigenvalue weighted by molar-refractivity contribution is -0.0251. The summed E-state index contributed by atoms with van der Waals surface area (Å²) < 4.78 is 31.7. The first-order valence-corrected chi connectivity index (χ1v) is 6.20. The Labute approximate surface area is 114 Å². The number of anilines is 1. The largest absolute Gasteiger partial charge is 0.396 e. The zero-order valence-electron chi connectivity index (χ0n) is 11.0. The van der Waals surface area contributed by atoms with E-state index in [4.69, 9.17) is 10.5 Å². The van der Waals surface area contributed by atoms with Crippen molar-refractivity contribution in [1.82, 2.24) is 5.32 Å². The maximum absolute atomic E-state index is 13.5. The minimum absolute atomic E-state index is 0.0796. The molecule has 0 bridgehead atoms. The fraction of sp³-hybridized carbons (Fsp3) is 0.462. The standard InChI is InChI=1S/C13H16F2N2O3/c1-7-13(19,2-3-20-7)6-17-12(18)8-4-11(16)10(15)5-9(8)14/h4-5,7,19H,2-3,6,16H2,1H3,(H,17,18). The van der Waals surface area contributed by atoms with Crippen molar-refractivity contribution in [3.8, 4) is 0 Å². The fourth-order valence-corrected chi connectivity index (χ4v) is 2.07. The highest BCUT2D eigenvalue weighted by Crippen LogP contribution is 2.25. The molecule has 2 rings (SSSR count). The van der Waals surface area contributed by atoms with Gasteiger partial charge < -0.3 is 20.9 Å². The van der Waals surface area contributed by atoms with Gasteiger partial charge in [0.15, 0.2) is 0 Å². The number of benzene rings is 1. The highest BCUT2D eigenvalue weighted by atomic mass is 19.1. The third-order valence-corrected chi connectivity index (χ3v) is 3.55. The van der Waals surface area contributed by atoms with Crippen LogP contribution in [-0.2, 0) is 4.74 Å². The maximum atomic E-state index is 13.5. The van der Waals surface area contributed by atoms with Crippen molar-refractivity contribution in [3.63, 3.8) is 0 Å². The van der Waals surface area contributed by atoms with E-state index in [2.05, 4.69) is 5.32 Å². The van der Waals surface area contributed by atoms with Crippen molar-refractivity contribution in [2.45, 2.75) is 25.0 Å². The Hall–Kier alpha value is -1.73. The molecule has 110 valence electrons. The van der Waals surface area contributed by atoms with Crippen LogP contribution >= 0.6 is 0 Å². The number of carbonyl (C=O) groups excluding carboxylic acids is 1. The van der Waals surface area contributed by atoms with Crippen molar-refractivity contribution in [1.29, 1.82) is 0 Å². The Morgan fingerprint density at radius 3 is 2.85 bits per heavy atom. The third kappa shape index (κ3) is 2.73. The highest BCUT2D eigenvalue weighted by Gasteiger charge is 2.39. The quantitative estimate of drug-likeness (QED) is 0.718. The molecule has 1 aliphatic rings. The van der Waals surface area contributed by atoms with Gasteiger partial charge in [0, 0.05) is 25.6 Å². The van der Waals surface area contributed by atoms with Gasteiger partial charge in [-0.15, -0.1) is 0 Å². The molecule has 1 heterocycles. The van der Waals surface area contributed by atoms with Crippen LogP contribution in [0, 0.1) is 11.6 Å². The summed E-state index contributed by atoms with van der Waals surface area (Å²) in [6.45, 7) is 2.00. The summed E-state index contributed by atoms with van der Waals surface area (Å²) in [5.74, 6) is -2.69. The van der Waals surface area contributed by atoms with Crippen molar-refractivity contribution < 1.29 is 23.4 Å². The van der Waals surface area contributed by atoms with Gasteiger partial charge in [-0.2, -0.15) is 0 Å². The van der Waals surface area contributed by atoms with Crippen LogP contribution in [0.15, 0.2) is 12.1 Å². The topological polar surface area (TPSA) is 84.6 Å². The van der Waals surface area contributed by atoms with Crippen LogP contribution in [0.2, 0.25) is 0 Å². The molecule has 0 spiro atoms. The minimum Gasteiger partial charge on any atom is -0.396 e. The molecule has 1 fully saturated rings. The first-order valence-electron chi connectivity index (χ1n) is 6.20. The van der Waals surface area contributed by atoms with Gasteiger partial charge in [0.2, 0.25) is 0 Å². The molecule has 1 aromatic rings. The number of aliphatic hydroxyl groups is 1. The summed E-state index contributed by atoms with van der Waals surface area (Å²) in [6.07, 6.45) is -0.0476.